The number of esters is 1. The van der Waals surface area contributed by atoms with Crippen molar-refractivity contribution in [3.8, 4) is 11.1 Å². The van der Waals surface area contributed by atoms with Crippen LogP contribution in [0.15, 0.2) is 65.6 Å². The van der Waals surface area contributed by atoms with Crippen LogP contribution in [-0.2, 0) is 14.3 Å². The summed E-state index contributed by atoms with van der Waals surface area (Å²) in [6.07, 6.45) is 1.10. The average Bonchev–Trinajstić information content (AvgIpc) is 3.01. The summed E-state index contributed by atoms with van der Waals surface area (Å²) in [5.74, 6) is -1.36. The largest absolute Gasteiger partial charge is 0.466 e. The molecule has 1 aliphatic rings. The molecule has 2 aromatic rings. The number of hydrogen-bond donors (Lipinski definition) is 2. The monoisotopic (exact) mass is 368 g/mol. The van der Waals surface area contributed by atoms with Gasteiger partial charge in [-0.1, -0.05) is 54.2 Å². The highest BCUT2D eigenvalue weighted by Crippen LogP contribution is 2.26. The molecule has 0 aromatic heterocycles. The number of carbonyl (C=O) groups is 3. The zero-order chi connectivity index (χ0) is 18.5. The fraction of sp³-hybridized carbons (Fsp3) is 0.105. The quantitative estimate of drug-likeness (QED) is 0.639. The number of thioether (sulfide) groups is 1. The molecule has 2 N–H and O–H groups in total. The summed E-state index contributed by atoms with van der Waals surface area (Å²) in [5, 5.41) is 5.29. The number of amides is 2. The molecule has 0 radical (unpaired) electrons. The lowest BCUT2D eigenvalue weighted by Crippen LogP contribution is -2.41. The molecule has 132 valence electrons. The van der Waals surface area contributed by atoms with Crippen LogP contribution in [0.4, 0.5) is 0 Å². The molecule has 1 unspecified atom stereocenters. The molecule has 1 aliphatic heterocycles. The van der Waals surface area contributed by atoms with Crippen LogP contribution >= 0.6 is 11.8 Å². The topological polar surface area (TPSA) is 84.5 Å². The van der Waals surface area contributed by atoms with Crippen molar-refractivity contribution in [1.29, 1.82) is 0 Å². The lowest BCUT2D eigenvalue weighted by molar-refractivity contribution is -0.135. The highest BCUT2D eigenvalue weighted by atomic mass is 32.2. The second-order valence-electron chi connectivity index (χ2n) is 5.42. The zero-order valence-corrected chi connectivity index (χ0v) is 14.7. The van der Waals surface area contributed by atoms with Gasteiger partial charge in [0.05, 0.1) is 12.0 Å². The van der Waals surface area contributed by atoms with Crippen LogP contribution in [0.3, 0.4) is 0 Å². The van der Waals surface area contributed by atoms with Gasteiger partial charge in [0.1, 0.15) is 0 Å². The number of methoxy groups -OCH3 is 1. The van der Waals surface area contributed by atoms with Gasteiger partial charge in [-0.15, -0.1) is 0 Å². The van der Waals surface area contributed by atoms with Gasteiger partial charge in [0.2, 0.25) is 0 Å². The third-order valence-corrected chi connectivity index (χ3v) is 4.73. The third kappa shape index (κ3) is 4.12. The number of hydrogen-bond acceptors (Lipinski definition) is 5. The summed E-state index contributed by atoms with van der Waals surface area (Å²) < 4.78 is 4.50. The van der Waals surface area contributed by atoms with Gasteiger partial charge in [0, 0.05) is 11.6 Å². The summed E-state index contributed by atoms with van der Waals surface area (Å²) in [7, 11) is 1.23. The summed E-state index contributed by atoms with van der Waals surface area (Å²) in [4.78, 5) is 35.6. The summed E-state index contributed by atoms with van der Waals surface area (Å²) >= 11 is 1.05. The fourth-order valence-corrected chi connectivity index (χ4v) is 3.29. The van der Waals surface area contributed by atoms with Gasteiger partial charge in [-0.25, -0.2) is 4.79 Å². The molecule has 0 saturated carbocycles. The second kappa shape index (κ2) is 7.88. The number of benzene rings is 2. The lowest BCUT2D eigenvalue weighted by Gasteiger charge is -2.11. The van der Waals surface area contributed by atoms with Crippen molar-refractivity contribution in [2.45, 2.75) is 5.50 Å². The van der Waals surface area contributed by atoms with Crippen molar-refractivity contribution >= 4 is 29.5 Å². The van der Waals surface area contributed by atoms with Crippen LogP contribution in [0, 0.1) is 0 Å². The standard InChI is InChI=1S/C19H16N2O4S/c1-25-16(22)11-15-18(24)21-19(26-15)20-17(23)14-9-7-13(8-10-14)12-5-3-2-4-6-12/h2-11,19H,1H3,(H,20,23)(H,21,24)/b15-11-. The van der Waals surface area contributed by atoms with Gasteiger partial charge < -0.3 is 15.4 Å². The van der Waals surface area contributed by atoms with E-state index in [1.54, 1.807) is 12.1 Å². The van der Waals surface area contributed by atoms with E-state index in [-0.39, 0.29) is 10.8 Å². The molecule has 0 bridgehead atoms. The molecule has 1 saturated heterocycles. The molecule has 2 amide bonds. The summed E-state index contributed by atoms with van der Waals surface area (Å²) in [6.45, 7) is 0. The predicted octanol–water partition coefficient (Wildman–Crippen LogP) is 2.29. The van der Waals surface area contributed by atoms with E-state index in [1.165, 1.54) is 7.11 Å². The van der Waals surface area contributed by atoms with E-state index in [1.807, 2.05) is 42.5 Å². The predicted molar refractivity (Wildman–Crippen MR) is 99.0 cm³/mol. The van der Waals surface area contributed by atoms with E-state index in [9.17, 15) is 14.4 Å². The average molecular weight is 368 g/mol. The van der Waals surface area contributed by atoms with Gasteiger partial charge in [0.15, 0.2) is 5.50 Å². The third-order valence-electron chi connectivity index (χ3n) is 3.70. The van der Waals surface area contributed by atoms with Crippen LogP contribution in [0.2, 0.25) is 0 Å². The van der Waals surface area contributed by atoms with E-state index < -0.39 is 17.4 Å². The first-order valence-corrected chi connectivity index (χ1v) is 8.68. The minimum absolute atomic E-state index is 0.196. The zero-order valence-electron chi connectivity index (χ0n) is 13.9. The maximum Gasteiger partial charge on any atom is 0.331 e. The Morgan fingerprint density at radius 1 is 1.08 bits per heavy atom. The van der Waals surface area contributed by atoms with Crippen LogP contribution in [0.25, 0.3) is 11.1 Å². The highest BCUT2D eigenvalue weighted by molar-refractivity contribution is 8.05. The Morgan fingerprint density at radius 3 is 2.38 bits per heavy atom. The first kappa shape index (κ1) is 17.8. The van der Waals surface area contributed by atoms with Crippen molar-refractivity contribution in [2.24, 2.45) is 0 Å². The number of nitrogens with one attached hydrogen (secondary N) is 2. The van der Waals surface area contributed by atoms with Gasteiger partial charge in [-0.3, -0.25) is 9.59 Å². The van der Waals surface area contributed by atoms with Gasteiger partial charge >= 0.3 is 5.97 Å². The van der Waals surface area contributed by atoms with Crippen molar-refractivity contribution in [3.05, 3.63) is 71.1 Å². The minimum Gasteiger partial charge on any atom is -0.466 e. The molecule has 0 spiro atoms. The number of carbonyl (C=O) groups excluding carboxylic acids is 3. The molecule has 6 nitrogen and oxygen atoms in total. The molecule has 0 aliphatic carbocycles. The lowest BCUT2D eigenvalue weighted by atomic mass is 10.0. The minimum atomic E-state index is -0.639. The molecular weight excluding hydrogens is 352 g/mol. The SMILES string of the molecule is COC(=O)/C=C1\SC(NC(=O)c2ccc(-c3ccccc3)cc2)NC1=O. The fourth-order valence-electron chi connectivity index (χ4n) is 2.38. The van der Waals surface area contributed by atoms with Gasteiger partial charge in [0.25, 0.3) is 11.8 Å². The number of rotatable bonds is 4. The van der Waals surface area contributed by atoms with Crippen LogP contribution in [-0.4, -0.2) is 30.4 Å². The van der Waals surface area contributed by atoms with E-state index in [2.05, 4.69) is 15.4 Å². The normalized spacial score (nSPS) is 17.7. The molecular formula is C19H16N2O4S. The molecule has 26 heavy (non-hydrogen) atoms. The van der Waals surface area contributed by atoms with E-state index >= 15 is 0 Å². The van der Waals surface area contributed by atoms with Crippen LogP contribution in [0.1, 0.15) is 10.4 Å². The van der Waals surface area contributed by atoms with Gasteiger partial charge in [-0.2, -0.15) is 0 Å². The first-order valence-electron chi connectivity index (χ1n) is 7.80. The Bertz CT molecular complexity index is 863. The van der Waals surface area contributed by atoms with Crippen molar-refractivity contribution in [1.82, 2.24) is 10.6 Å². The first-order chi connectivity index (χ1) is 12.6. The Hall–Kier alpha value is -3.06. The van der Waals surface area contributed by atoms with Crippen LogP contribution < -0.4 is 10.6 Å². The highest BCUT2D eigenvalue weighted by Gasteiger charge is 2.29. The summed E-state index contributed by atoms with van der Waals surface area (Å²) in [5.41, 5.74) is 1.91. The number of ether oxygens (including phenoxy) is 1. The molecule has 2 aromatic carbocycles. The van der Waals surface area contributed by atoms with Crippen molar-refractivity contribution < 1.29 is 19.1 Å². The van der Waals surface area contributed by atoms with E-state index in [0.717, 1.165) is 29.0 Å². The Labute approximate surface area is 154 Å². The second-order valence-corrected chi connectivity index (χ2v) is 6.57. The van der Waals surface area contributed by atoms with Crippen molar-refractivity contribution in [2.75, 3.05) is 7.11 Å². The molecule has 7 heteroatoms. The van der Waals surface area contributed by atoms with Crippen molar-refractivity contribution in [3.63, 3.8) is 0 Å². The summed E-state index contributed by atoms with van der Waals surface area (Å²) in [6, 6.07) is 17.0. The smallest absolute Gasteiger partial charge is 0.331 e. The van der Waals surface area contributed by atoms with Crippen LogP contribution in [0.5, 0.6) is 0 Å². The Kier molecular flexibility index (Phi) is 5.38. The maximum absolute atomic E-state index is 12.4. The molecule has 3 rings (SSSR count). The Balaban J connectivity index is 1.65. The molecule has 1 atom stereocenters. The molecule has 1 fully saturated rings. The van der Waals surface area contributed by atoms with E-state index in [0.29, 0.717) is 5.56 Å². The van der Waals surface area contributed by atoms with E-state index in [4.69, 9.17) is 0 Å². The molecule has 1 heterocycles. The Morgan fingerprint density at radius 2 is 1.73 bits per heavy atom. The maximum atomic E-state index is 12.4. The van der Waals surface area contributed by atoms with Gasteiger partial charge in [-0.05, 0) is 23.3 Å².